The summed E-state index contributed by atoms with van der Waals surface area (Å²) in [5.41, 5.74) is 15.6. The van der Waals surface area contributed by atoms with E-state index < -0.39 is 35.0 Å². The largest absolute Gasteiger partial charge is 0.342 e. The first-order valence-electron chi connectivity index (χ1n) is 25.7. The van der Waals surface area contributed by atoms with Crippen molar-refractivity contribution in [2.24, 2.45) is 22.3 Å². The number of rotatable bonds is 19. The van der Waals surface area contributed by atoms with Crippen LogP contribution in [0.4, 0.5) is 0 Å². The smallest absolute Gasteiger partial charge is 0.253 e. The fourth-order valence-corrected chi connectivity index (χ4v) is 9.66. The number of carbonyl (C=O) groups excluding carboxylic acids is 6. The Morgan fingerprint density at radius 3 is 1.18 bits per heavy atom. The molecule has 0 aromatic heterocycles. The lowest BCUT2D eigenvalue weighted by atomic mass is 9.85. The Hall–Kier alpha value is -6.38. The van der Waals surface area contributed by atoms with Crippen molar-refractivity contribution in [3.63, 3.8) is 0 Å². The molecule has 6 rings (SSSR count). The molecule has 6 N–H and O–H groups in total. The highest BCUT2D eigenvalue weighted by Gasteiger charge is 2.42. The Labute approximate surface area is 427 Å². The van der Waals surface area contributed by atoms with E-state index in [4.69, 9.17) is 11.5 Å². The first-order chi connectivity index (χ1) is 34.1. The van der Waals surface area contributed by atoms with Crippen molar-refractivity contribution in [3.05, 3.63) is 131 Å². The molecule has 0 radical (unpaired) electrons. The van der Waals surface area contributed by atoms with Crippen LogP contribution in [0.3, 0.4) is 0 Å². The van der Waals surface area contributed by atoms with Gasteiger partial charge in [-0.05, 0) is 110 Å². The van der Waals surface area contributed by atoms with Gasteiger partial charge in [0, 0.05) is 62.5 Å². The first-order valence-corrected chi connectivity index (χ1v) is 25.7. The van der Waals surface area contributed by atoms with Crippen LogP contribution in [0.2, 0.25) is 0 Å². The molecule has 6 atom stereocenters. The van der Waals surface area contributed by atoms with Gasteiger partial charge >= 0.3 is 0 Å². The van der Waals surface area contributed by atoms with Crippen LogP contribution in [-0.4, -0.2) is 131 Å². The van der Waals surface area contributed by atoms with Crippen LogP contribution in [0.5, 0.6) is 0 Å². The summed E-state index contributed by atoms with van der Waals surface area (Å²) in [6.07, 6.45) is 4.31. The van der Waals surface area contributed by atoms with Gasteiger partial charge in [-0.1, -0.05) is 126 Å². The minimum absolute atomic E-state index is 0.141. The van der Waals surface area contributed by atoms with Crippen LogP contribution in [0.15, 0.2) is 109 Å². The van der Waals surface area contributed by atoms with E-state index in [9.17, 15) is 28.8 Å². The Kier molecular flexibility index (Phi) is 18.6. The van der Waals surface area contributed by atoms with Gasteiger partial charge in [0.2, 0.25) is 23.6 Å². The van der Waals surface area contributed by atoms with Gasteiger partial charge in [-0.3, -0.25) is 28.8 Å². The minimum Gasteiger partial charge on any atom is -0.342 e. The van der Waals surface area contributed by atoms with Crippen LogP contribution in [0.25, 0.3) is 11.1 Å². The lowest BCUT2D eigenvalue weighted by Crippen LogP contribution is -2.59. The molecule has 4 aromatic carbocycles. The third-order valence-corrected chi connectivity index (χ3v) is 14.0. The molecule has 14 heteroatoms. The van der Waals surface area contributed by atoms with Gasteiger partial charge < -0.3 is 41.7 Å². The summed E-state index contributed by atoms with van der Waals surface area (Å²) in [4.78, 5) is 90.3. The zero-order valence-corrected chi connectivity index (χ0v) is 43.7. The monoisotopic (exact) mass is 983 g/mol. The number of nitrogens with two attached hydrogens (primary N) is 2. The van der Waals surface area contributed by atoms with E-state index >= 15 is 0 Å². The van der Waals surface area contributed by atoms with Crippen molar-refractivity contribution >= 4 is 35.4 Å². The fourth-order valence-electron chi connectivity index (χ4n) is 9.66. The van der Waals surface area contributed by atoms with Crippen LogP contribution in [-0.2, 0) is 32.0 Å². The molecule has 6 amide bonds. The highest BCUT2D eigenvalue weighted by Crippen LogP contribution is 2.30. The molecule has 0 unspecified atom stereocenters. The SMILES string of the molecule is C[C@H](N)C(=O)N[C@H](C(=O)N1CCC[C@H]1CN(CCc1ccccc1)C(=O)c1ccc(-c2ccc(C(=O)N(CCc3ccccc3)C[C@@H]3CCCN3C(=O)[C@@H](NC(=O)[C@H](C)N)C(C)(C)C)cc2)cc1)C(C)(C)C. The van der Waals surface area contributed by atoms with Gasteiger partial charge in [-0.2, -0.15) is 0 Å². The number of likely N-dealkylation sites (tertiary alicyclic amines) is 2. The summed E-state index contributed by atoms with van der Waals surface area (Å²) in [5.74, 6) is -1.40. The number of nitrogens with zero attached hydrogens (tertiary/aromatic N) is 4. The molecule has 0 spiro atoms. The van der Waals surface area contributed by atoms with Gasteiger partial charge in [-0.15, -0.1) is 0 Å². The summed E-state index contributed by atoms with van der Waals surface area (Å²) < 4.78 is 0. The van der Waals surface area contributed by atoms with Gasteiger partial charge in [0.1, 0.15) is 12.1 Å². The standard InChI is InChI=1S/C58H78N8O6/c1-39(59)51(67)61-49(57(3,4)5)55(71)65-33-15-21-47(65)37-63(35-31-41-17-11-9-12-18-41)53(69)45-27-23-43(24-28-45)44-25-29-46(30-26-44)54(70)64(36-32-42-19-13-10-14-20-42)38-48-22-16-34-66(48)56(72)50(58(6,7)8)62-52(68)40(2)60/h9-14,17-20,23-30,39-40,47-50H,15-16,21-22,31-38,59-60H2,1-8H3,(H,61,67)(H,62,68)/t39-,40-,47-,48-,49+,50+/m0/s1. The van der Waals surface area contributed by atoms with Crippen molar-refractivity contribution in [3.8, 4) is 11.1 Å². The van der Waals surface area contributed by atoms with Crippen molar-refractivity contribution in [2.45, 2.75) is 130 Å². The van der Waals surface area contributed by atoms with E-state index in [-0.39, 0.29) is 47.5 Å². The van der Waals surface area contributed by atoms with Gasteiger partial charge in [0.25, 0.3) is 11.8 Å². The van der Waals surface area contributed by atoms with E-state index in [0.717, 1.165) is 47.9 Å². The molecule has 72 heavy (non-hydrogen) atoms. The summed E-state index contributed by atoms with van der Waals surface area (Å²) >= 11 is 0. The third-order valence-electron chi connectivity index (χ3n) is 14.0. The lowest BCUT2D eigenvalue weighted by molar-refractivity contribution is -0.140. The number of benzene rings is 4. The molecule has 0 saturated carbocycles. The Morgan fingerprint density at radius 1 is 0.542 bits per heavy atom. The van der Waals surface area contributed by atoms with E-state index in [1.165, 1.54) is 0 Å². The van der Waals surface area contributed by atoms with Crippen molar-refractivity contribution in [1.29, 1.82) is 0 Å². The highest BCUT2D eigenvalue weighted by molar-refractivity contribution is 5.96. The van der Waals surface area contributed by atoms with E-state index in [0.29, 0.717) is 63.2 Å². The molecule has 2 heterocycles. The maximum absolute atomic E-state index is 14.5. The lowest BCUT2D eigenvalue weighted by Gasteiger charge is -2.37. The predicted molar refractivity (Wildman–Crippen MR) is 284 cm³/mol. The normalized spacial score (nSPS) is 17.6. The summed E-state index contributed by atoms with van der Waals surface area (Å²) in [6.45, 7) is 17.4. The van der Waals surface area contributed by atoms with E-state index in [2.05, 4.69) is 10.6 Å². The number of nitrogens with one attached hydrogen (secondary N) is 2. The second-order valence-corrected chi connectivity index (χ2v) is 22.0. The molecular formula is C58H78N8O6. The van der Waals surface area contributed by atoms with Crippen LogP contribution in [0, 0.1) is 10.8 Å². The summed E-state index contributed by atoms with van der Waals surface area (Å²) in [7, 11) is 0. The second kappa shape index (κ2) is 24.4. The molecular weight excluding hydrogens is 905 g/mol. The fraction of sp³-hybridized carbons (Fsp3) is 0.483. The van der Waals surface area contributed by atoms with E-state index in [1.54, 1.807) is 13.8 Å². The van der Waals surface area contributed by atoms with E-state index in [1.807, 2.05) is 170 Å². The van der Waals surface area contributed by atoms with Crippen molar-refractivity contribution in [2.75, 3.05) is 39.3 Å². The topological polar surface area (TPSA) is 191 Å². The molecule has 0 bridgehead atoms. The zero-order valence-electron chi connectivity index (χ0n) is 43.7. The third kappa shape index (κ3) is 14.4. The Bertz CT molecular complexity index is 2290. The number of hydrogen-bond acceptors (Lipinski definition) is 8. The number of carbonyl (C=O) groups is 6. The van der Waals surface area contributed by atoms with Crippen molar-refractivity contribution < 1.29 is 28.8 Å². The van der Waals surface area contributed by atoms with Crippen LogP contribution in [0.1, 0.15) is 113 Å². The molecule has 2 saturated heterocycles. The van der Waals surface area contributed by atoms with Crippen LogP contribution >= 0.6 is 0 Å². The van der Waals surface area contributed by atoms with Crippen LogP contribution < -0.4 is 22.1 Å². The minimum atomic E-state index is -0.779. The molecule has 386 valence electrons. The summed E-state index contributed by atoms with van der Waals surface area (Å²) in [5, 5.41) is 5.79. The average molecular weight is 983 g/mol. The Balaban J connectivity index is 1.19. The maximum Gasteiger partial charge on any atom is 0.253 e. The molecule has 0 aliphatic carbocycles. The summed E-state index contributed by atoms with van der Waals surface area (Å²) in [6, 6.07) is 31.5. The Morgan fingerprint density at radius 2 is 0.875 bits per heavy atom. The quantitative estimate of drug-likeness (QED) is 0.0823. The molecule has 2 aliphatic heterocycles. The number of hydrogen-bond donors (Lipinski definition) is 4. The zero-order chi connectivity index (χ0) is 52.3. The second-order valence-electron chi connectivity index (χ2n) is 22.0. The van der Waals surface area contributed by atoms with Gasteiger partial charge in [-0.25, -0.2) is 0 Å². The highest BCUT2D eigenvalue weighted by atomic mass is 16.2. The average Bonchev–Trinajstić information content (AvgIpc) is 4.04. The molecule has 14 nitrogen and oxygen atoms in total. The maximum atomic E-state index is 14.5. The van der Waals surface area contributed by atoms with Gasteiger partial charge in [0.15, 0.2) is 0 Å². The predicted octanol–water partition coefficient (Wildman–Crippen LogP) is 6.46. The first kappa shape index (κ1) is 54.9. The molecule has 2 fully saturated rings. The van der Waals surface area contributed by atoms with Gasteiger partial charge in [0.05, 0.1) is 12.1 Å². The number of amides is 6. The molecule has 4 aromatic rings. The molecule has 2 aliphatic rings. The van der Waals surface area contributed by atoms with Crippen molar-refractivity contribution in [1.82, 2.24) is 30.2 Å².